The van der Waals surface area contributed by atoms with Crippen molar-refractivity contribution >= 4 is 15.5 Å². The molecule has 0 bridgehead atoms. The Hall–Kier alpha value is -1.92. The summed E-state index contributed by atoms with van der Waals surface area (Å²) in [5.41, 5.74) is 1.62. The average Bonchev–Trinajstić information content (AvgIpc) is 2.77. The van der Waals surface area contributed by atoms with Crippen molar-refractivity contribution < 1.29 is 17.9 Å². The second-order valence-corrected chi connectivity index (χ2v) is 11.1. The maximum atomic E-state index is 13.7. The number of aliphatic hydroxyl groups is 1. The highest BCUT2D eigenvalue weighted by Gasteiger charge is 2.49. The van der Waals surface area contributed by atoms with E-state index in [1.165, 1.54) is 12.1 Å². The fraction of sp³-hybridized carbons (Fsp3) is 0.520. The van der Waals surface area contributed by atoms with E-state index in [4.69, 9.17) is 0 Å². The van der Waals surface area contributed by atoms with Crippen LogP contribution in [0.5, 0.6) is 0 Å². The third kappa shape index (κ3) is 4.00. The minimum absolute atomic E-state index is 0.0641. The molecular formula is C25H32FNO3S. The monoisotopic (exact) mass is 445 g/mol. The van der Waals surface area contributed by atoms with Gasteiger partial charge in [-0.3, -0.25) is 0 Å². The summed E-state index contributed by atoms with van der Waals surface area (Å²) in [5.74, 6) is -0.932. The largest absolute Gasteiger partial charge is 0.392 e. The van der Waals surface area contributed by atoms with Crippen molar-refractivity contribution in [1.29, 1.82) is 0 Å². The molecule has 0 aromatic heterocycles. The number of anilines is 1. The van der Waals surface area contributed by atoms with Gasteiger partial charge in [-0.1, -0.05) is 38.8 Å². The van der Waals surface area contributed by atoms with Gasteiger partial charge in [0.25, 0.3) is 0 Å². The van der Waals surface area contributed by atoms with Crippen molar-refractivity contribution in [3.05, 3.63) is 59.4 Å². The summed E-state index contributed by atoms with van der Waals surface area (Å²) in [6, 6.07) is 11.7. The van der Waals surface area contributed by atoms with Crippen LogP contribution in [0.3, 0.4) is 0 Å². The predicted molar refractivity (Wildman–Crippen MR) is 122 cm³/mol. The SMILES string of the molecule is CCCC[C@]1(CC)CS(=O)(=O)c2ccc(N3CCC3)cc2[C@@H](c2ccc(F)cc2)C1O. The molecule has 1 N–H and O–H groups in total. The van der Waals surface area contributed by atoms with Gasteiger partial charge in [0.2, 0.25) is 0 Å². The molecule has 0 spiro atoms. The summed E-state index contributed by atoms with van der Waals surface area (Å²) in [6.45, 7) is 5.94. The van der Waals surface area contributed by atoms with Gasteiger partial charge in [0.05, 0.1) is 16.8 Å². The Morgan fingerprint density at radius 2 is 1.84 bits per heavy atom. The standard InChI is InChI=1S/C25H32FNO3S/c1-3-5-13-25(4-2)17-31(29,30)22-12-11-20(27-14-6-15-27)16-21(22)23(24(25)28)18-7-9-19(26)10-8-18/h7-12,16,23-24,28H,3-6,13-15,17H2,1-2H3/t23-,24?,25-/m1/s1. The molecule has 0 radical (unpaired) electrons. The summed E-state index contributed by atoms with van der Waals surface area (Å²) in [4.78, 5) is 2.52. The molecule has 2 aliphatic heterocycles. The number of unbranched alkanes of at least 4 members (excludes halogenated alkanes) is 1. The molecule has 1 fully saturated rings. The van der Waals surface area contributed by atoms with E-state index in [9.17, 15) is 17.9 Å². The molecule has 0 amide bonds. The van der Waals surface area contributed by atoms with Crippen molar-refractivity contribution in [3.63, 3.8) is 0 Å². The first-order valence-electron chi connectivity index (χ1n) is 11.4. The van der Waals surface area contributed by atoms with E-state index in [1.54, 1.807) is 18.2 Å². The number of benzene rings is 2. The van der Waals surface area contributed by atoms with Gasteiger partial charge in [0.1, 0.15) is 5.82 Å². The first kappa shape index (κ1) is 22.3. The van der Waals surface area contributed by atoms with Crippen molar-refractivity contribution in [2.45, 2.75) is 62.9 Å². The Labute approximate surface area is 185 Å². The number of hydrogen-bond donors (Lipinski definition) is 1. The first-order valence-corrected chi connectivity index (χ1v) is 13.0. The Balaban J connectivity index is 1.93. The van der Waals surface area contributed by atoms with E-state index in [1.807, 2.05) is 19.1 Å². The van der Waals surface area contributed by atoms with Crippen molar-refractivity contribution in [1.82, 2.24) is 0 Å². The first-order chi connectivity index (χ1) is 14.8. The summed E-state index contributed by atoms with van der Waals surface area (Å²) < 4.78 is 40.9. The van der Waals surface area contributed by atoms with Crippen LogP contribution < -0.4 is 4.90 Å². The van der Waals surface area contributed by atoms with E-state index in [0.717, 1.165) is 43.6 Å². The summed E-state index contributed by atoms with van der Waals surface area (Å²) in [7, 11) is -3.59. The highest BCUT2D eigenvalue weighted by atomic mass is 32.2. The number of halogens is 1. The number of nitrogens with zero attached hydrogens (tertiary/aromatic N) is 1. The fourth-order valence-electron chi connectivity index (χ4n) is 5.17. The van der Waals surface area contributed by atoms with Gasteiger partial charge in [-0.25, -0.2) is 12.8 Å². The molecule has 168 valence electrons. The zero-order valence-corrected chi connectivity index (χ0v) is 19.2. The maximum absolute atomic E-state index is 13.7. The lowest BCUT2D eigenvalue weighted by molar-refractivity contribution is 0.0174. The van der Waals surface area contributed by atoms with Gasteiger partial charge in [-0.15, -0.1) is 0 Å². The van der Waals surface area contributed by atoms with Gasteiger partial charge < -0.3 is 10.0 Å². The molecule has 2 aromatic rings. The van der Waals surface area contributed by atoms with E-state index < -0.39 is 27.3 Å². The highest BCUT2D eigenvalue weighted by molar-refractivity contribution is 7.91. The van der Waals surface area contributed by atoms with E-state index in [-0.39, 0.29) is 11.6 Å². The minimum atomic E-state index is -3.59. The quantitative estimate of drug-likeness (QED) is 0.687. The molecule has 6 heteroatoms. The molecule has 3 atom stereocenters. The molecule has 0 saturated carbocycles. The van der Waals surface area contributed by atoms with Crippen LogP contribution in [0.1, 0.15) is 63.0 Å². The third-order valence-corrected chi connectivity index (χ3v) is 9.26. The highest BCUT2D eigenvalue weighted by Crippen LogP contribution is 2.49. The van der Waals surface area contributed by atoms with Gasteiger partial charge >= 0.3 is 0 Å². The van der Waals surface area contributed by atoms with Crippen LogP contribution in [0.2, 0.25) is 0 Å². The summed E-state index contributed by atoms with van der Waals surface area (Å²) in [6.07, 6.45) is 3.24. The number of fused-ring (bicyclic) bond motifs is 1. The van der Waals surface area contributed by atoms with E-state index in [2.05, 4.69) is 11.8 Å². The fourth-order valence-corrected chi connectivity index (χ4v) is 7.42. The third-order valence-electron chi connectivity index (χ3n) is 7.27. The van der Waals surface area contributed by atoms with Crippen molar-refractivity contribution in [3.8, 4) is 0 Å². The topological polar surface area (TPSA) is 57.6 Å². The second kappa shape index (κ2) is 8.55. The van der Waals surface area contributed by atoms with Crippen LogP contribution in [0.25, 0.3) is 0 Å². The van der Waals surface area contributed by atoms with Gasteiger partial charge in [-0.05, 0) is 60.7 Å². The number of sulfone groups is 1. The molecular weight excluding hydrogens is 413 g/mol. The van der Waals surface area contributed by atoms with Crippen LogP contribution in [-0.4, -0.2) is 38.5 Å². The average molecular weight is 446 g/mol. The Bertz CT molecular complexity index is 1030. The molecule has 31 heavy (non-hydrogen) atoms. The number of aliphatic hydroxyl groups excluding tert-OH is 1. The molecule has 1 unspecified atom stereocenters. The van der Waals surface area contributed by atoms with Gasteiger partial charge in [-0.2, -0.15) is 0 Å². The number of rotatable bonds is 6. The smallest absolute Gasteiger partial charge is 0.179 e. The van der Waals surface area contributed by atoms with Crippen molar-refractivity contribution in [2.75, 3.05) is 23.7 Å². The van der Waals surface area contributed by atoms with Gasteiger partial charge in [0, 0.05) is 30.1 Å². The van der Waals surface area contributed by atoms with E-state index in [0.29, 0.717) is 23.3 Å². The minimum Gasteiger partial charge on any atom is -0.392 e. The Morgan fingerprint density at radius 3 is 2.42 bits per heavy atom. The van der Waals surface area contributed by atoms with Crippen LogP contribution >= 0.6 is 0 Å². The Kier molecular flexibility index (Phi) is 6.14. The van der Waals surface area contributed by atoms with Crippen LogP contribution in [-0.2, 0) is 9.84 Å². The van der Waals surface area contributed by atoms with Crippen molar-refractivity contribution in [2.24, 2.45) is 5.41 Å². The lowest BCUT2D eigenvalue weighted by atomic mass is 9.69. The van der Waals surface area contributed by atoms with E-state index >= 15 is 0 Å². The van der Waals surface area contributed by atoms with Crippen LogP contribution in [0.4, 0.5) is 10.1 Å². The zero-order chi connectivity index (χ0) is 22.2. The Morgan fingerprint density at radius 1 is 1.13 bits per heavy atom. The molecule has 1 saturated heterocycles. The molecule has 2 heterocycles. The second-order valence-electron chi connectivity index (χ2n) is 9.12. The molecule has 4 rings (SSSR count). The summed E-state index contributed by atoms with van der Waals surface area (Å²) in [5, 5.41) is 11.8. The lowest BCUT2D eigenvalue weighted by Crippen LogP contribution is -2.42. The maximum Gasteiger partial charge on any atom is 0.179 e. The van der Waals surface area contributed by atoms with Crippen LogP contribution in [0, 0.1) is 11.2 Å². The van der Waals surface area contributed by atoms with Crippen LogP contribution in [0.15, 0.2) is 47.4 Å². The molecule has 2 aliphatic rings. The molecule has 0 aliphatic carbocycles. The predicted octanol–water partition coefficient (Wildman–Crippen LogP) is 4.90. The number of hydrogen-bond acceptors (Lipinski definition) is 4. The normalized spacial score (nSPS) is 27.3. The summed E-state index contributed by atoms with van der Waals surface area (Å²) >= 11 is 0. The van der Waals surface area contributed by atoms with Gasteiger partial charge in [0.15, 0.2) is 9.84 Å². The molecule has 4 nitrogen and oxygen atoms in total. The lowest BCUT2D eigenvalue weighted by Gasteiger charge is -2.39. The zero-order valence-electron chi connectivity index (χ0n) is 18.4. The molecule has 2 aromatic carbocycles.